The van der Waals surface area contributed by atoms with Crippen LogP contribution in [0.5, 0.6) is 5.75 Å². The Labute approximate surface area is 124 Å². The zero-order chi connectivity index (χ0) is 15.2. The summed E-state index contributed by atoms with van der Waals surface area (Å²) in [6, 6.07) is 7.93. The van der Waals surface area contributed by atoms with Crippen LogP contribution in [0, 0.1) is 11.3 Å². The molecule has 0 radical (unpaired) electrons. The van der Waals surface area contributed by atoms with Crippen molar-refractivity contribution >= 4 is 11.0 Å². The van der Waals surface area contributed by atoms with Crippen molar-refractivity contribution in [2.45, 2.75) is 19.5 Å². The molecule has 0 amide bonds. The van der Waals surface area contributed by atoms with Gasteiger partial charge in [-0.2, -0.15) is 5.26 Å². The lowest BCUT2D eigenvalue weighted by molar-refractivity contribution is 0.213. The largest absolute Gasteiger partial charge is 0.497 e. The number of benzene rings is 1. The van der Waals surface area contributed by atoms with Gasteiger partial charge >= 0.3 is 0 Å². The van der Waals surface area contributed by atoms with Gasteiger partial charge in [0.25, 0.3) is 0 Å². The highest BCUT2D eigenvalue weighted by molar-refractivity contribution is 5.77. The van der Waals surface area contributed by atoms with E-state index in [4.69, 9.17) is 15.1 Å². The third-order valence-corrected chi connectivity index (χ3v) is 3.37. The van der Waals surface area contributed by atoms with E-state index in [1.54, 1.807) is 7.11 Å². The van der Waals surface area contributed by atoms with Gasteiger partial charge in [-0.25, -0.2) is 4.98 Å². The molecule has 0 saturated heterocycles. The van der Waals surface area contributed by atoms with Gasteiger partial charge in [0.2, 0.25) is 0 Å². The first-order valence-electron chi connectivity index (χ1n) is 6.89. The van der Waals surface area contributed by atoms with Gasteiger partial charge in [0.05, 0.1) is 43.8 Å². The van der Waals surface area contributed by atoms with Gasteiger partial charge in [-0.3, -0.25) is 4.90 Å². The number of fused-ring (bicyclic) bond motifs is 1. The van der Waals surface area contributed by atoms with Gasteiger partial charge in [-0.15, -0.1) is 0 Å². The van der Waals surface area contributed by atoms with Crippen LogP contribution in [0.1, 0.15) is 12.2 Å². The first-order chi connectivity index (χ1) is 10.2. The fourth-order valence-corrected chi connectivity index (χ4v) is 2.31. The first kappa shape index (κ1) is 15.3. The SMILES string of the molecule is COc1ccc2c(c1)nc(CN(C)CCO)n2CCC#N. The maximum atomic E-state index is 9.01. The Morgan fingerprint density at radius 3 is 2.95 bits per heavy atom. The first-order valence-corrected chi connectivity index (χ1v) is 6.89. The number of nitriles is 1. The second kappa shape index (κ2) is 7.07. The molecule has 0 aliphatic carbocycles. The van der Waals surface area contributed by atoms with Crippen LogP contribution >= 0.6 is 0 Å². The molecule has 0 aliphatic heterocycles. The Morgan fingerprint density at radius 1 is 1.48 bits per heavy atom. The van der Waals surface area contributed by atoms with E-state index in [0.29, 0.717) is 26.1 Å². The van der Waals surface area contributed by atoms with Crippen LogP contribution in [0.3, 0.4) is 0 Å². The van der Waals surface area contributed by atoms with E-state index in [2.05, 4.69) is 15.6 Å². The van der Waals surface area contributed by atoms with Gasteiger partial charge in [0.15, 0.2) is 0 Å². The Balaban J connectivity index is 2.38. The minimum absolute atomic E-state index is 0.114. The lowest BCUT2D eigenvalue weighted by Crippen LogP contribution is -2.23. The molecule has 1 heterocycles. The predicted molar refractivity (Wildman–Crippen MR) is 79.9 cm³/mol. The summed E-state index contributed by atoms with van der Waals surface area (Å²) in [4.78, 5) is 6.65. The number of aliphatic hydroxyl groups excluding tert-OH is 1. The highest BCUT2D eigenvalue weighted by Crippen LogP contribution is 2.22. The zero-order valence-electron chi connectivity index (χ0n) is 12.4. The monoisotopic (exact) mass is 288 g/mol. The van der Waals surface area contributed by atoms with E-state index in [1.165, 1.54) is 0 Å². The smallest absolute Gasteiger partial charge is 0.124 e. The molecular formula is C15H20N4O2. The number of imidazole rings is 1. The van der Waals surface area contributed by atoms with Crippen LogP contribution in [0.25, 0.3) is 11.0 Å². The van der Waals surface area contributed by atoms with Crippen LogP contribution in [-0.2, 0) is 13.1 Å². The van der Waals surface area contributed by atoms with Crippen LogP contribution in [0.4, 0.5) is 0 Å². The molecule has 0 saturated carbocycles. The Bertz CT molecular complexity index is 645. The molecule has 112 valence electrons. The van der Waals surface area contributed by atoms with E-state index in [-0.39, 0.29) is 6.61 Å². The van der Waals surface area contributed by atoms with Crippen molar-refractivity contribution in [1.82, 2.24) is 14.5 Å². The molecule has 0 unspecified atom stereocenters. The highest BCUT2D eigenvalue weighted by Gasteiger charge is 2.13. The third-order valence-electron chi connectivity index (χ3n) is 3.37. The molecule has 1 aromatic carbocycles. The van der Waals surface area contributed by atoms with E-state index >= 15 is 0 Å². The number of likely N-dealkylation sites (N-methyl/N-ethyl adjacent to an activating group) is 1. The van der Waals surface area contributed by atoms with Crippen molar-refractivity contribution in [3.8, 4) is 11.8 Å². The summed E-state index contributed by atoms with van der Waals surface area (Å²) < 4.78 is 7.29. The second-order valence-electron chi connectivity index (χ2n) is 4.90. The van der Waals surface area contributed by atoms with Gasteiger partial charge in [-0.1, -0.05) is 0 Å². The standard InChI is InChI=1S/C15H20N4O2/c1-18(8-9-20)11-15-17-13-10-12(21-2)4-5-14(13)19(15)7-3-6-16/h4-5,10,20H,3,7-9,11H2,1-2H3. The fraction of sp³-hybridized carbons (Fsp3) is 0.467. The Kier molecular flexibility index (Phi) is 5.14. The van der Waals surface area contributed by atoms with Gasteiger partial charge in [-0.05, 0) is 19.2 Å². The molecule has 0 atom stereocenters. The normalized spacial score (nSPS) is 11.0. The summed E-state index contributed by atoms with van der Waals surface area (Å²) in [5.74, 6) is 1.66. The minimum Gasteiger partial charge on any atom is -0.497 e. The van der Waals surface area contributed by atoms with Crippen LogP contribution < -0.4 is 4.74 Å². The number of aromatic nitrogens is 2. The van der Waals surface area contributed by atoms with Crippen molar-refractivity contribution in [2.75, 3.05) is 27.3 Å². The van der Waals surface area contributed by atoms with Crippen LogP contribution in [0.15, 0.2) is 18.2 Å². The highest BCUT2D eigenvalue weighted by atomic mass is 16.5. The Hall–Kier alpha value is -2.10. The number of aliphatic hydroxyl groups is 1. The van der Waals surface area contributed by atoms with Gasteiger partial charge in [0, 0.05) is 19.2 Å². The molecule has 6 nitrogen and oxygen atoms in total. The van der Waals surface area contributed by atoms with Crippen molar-refractivity contribution in [2.24, 2.45) is 0 Å². The molecule has 1 aromatic heterocycles. The summed E-state index contributed by atoms with van der Waals surface area (Å²) in [6.45, 7) is 1.94. The van der Waals surface area contributed by atoms with E-state index in [9.17, 15) is 0 Å². The molecule has 21 heavy (non-hydrogen) atoms. The maximum Gasteiger partial charge on any atom is 0.124 e. The van der Waals surface area contributed by atoms with Crippen molar-refractivity contribution in [1.29, 1.82) is 5.26 Å². The molecule has 1 N–H and O–H groups in total. The lowest BCUT2D eigenvalue weighted by atomic mass is 10.3. The number of rotatable bonds is 7. The topological polar surface area (TPSA) is 74.3 Å². The van der Waals surface area contributed by atoms with Crippen molar-refractivity contribution < 1.29 is 9.84 Å². The average molecular weight is 288 g/mol. The summed E-state index contributed by atoms with van der Waals surface area (Å²) >= 11 is 0. The molecule has 2 rings (SSSR count). The molecular weight excluding hydrogens is 268 g/mol. The number of methoxy groups -OCH3 is 1. The molecule has 2 aromatic rings. The van der Waals surface area contributed by atoms with E-state index < -0.39 is 0 Å². The minimum atomic E-state index is 0.114. The number of aryl methyl sites for hydroxylation is 1. The third kappa shape index (κ3) is 3.51. The van der Waals surface area contributed by atoms with Crippen LogP contribution in [0.2, 0.25) is 0 Å². The zero-order valence-corrected chi connectivity index (χ0v) is 12.4. The Morgan fingerprint density at radius 2 is 2.29 bits per heavy atom. The summed E-state index contributed by atoms with van der Waals surface area (Å²) in [7, 11) is 3.56. The number of hydrogen-bond donors (Lipinski definition) is 1. The lowest BCUT2D eigenvalue weighted by Gasteiger charge is -2.15. The van der Waals surface area contributed by atoms with Gasteiger partial charge < -0.3 is 14.4 Å². The second-order valence-corrected chi connectivity index (χ2v) is 4.90. The van der Waals surface area contributed by atoms with Crippen molar-refractivity contribution in [3.05, 3.63) is 24.0 Å². The molecule has 6 heteroatoms. The van der Waals surface area contributed by atoms with E-state index in [0.717, 1.165) is 22.6 Å². The maximum absolute atomic E-state index is 9.01. The molecule has 0 spiro atoms. The predicted octanol–water partition coefficient (Wildman–Crippen LogP) is 1.38. The summed E-state index contributed by atoms with van der Waals surface area (Å²) in [6.07, 6.45) is 0.439. The molecule has 0 aliphatic rings. The average Bonchev–Trinajstić information content (AvgIpc) is 2.81. The number of hydrogen-bond acceptors (Lipinski definition) is 5. The van der Waals surface area contributed by atoms with Crippen molar-refractivity contribution in [3.63, 3.8) is 0 Å². The fourth-order valence-electron chi connectivity index (χ4n) is 2.31. The summed E-state index contributed by atoms with van der Waals surface area (Å²) in [5, 5.41) is 17.8. The number of nitrogens with zero attached hydrogens (tertiary/aromatic N) is 4. The number of ether oxygens (including phenoxy) is 1. The molecule has 0 bridgehead atoms. The summed E-state index contributed by atoms with van der Waals surface area (Å²) in [5.41, 5.74) is 1.86. The quantitative estimate of drug-likeness (QED) is 0.833. The van der Waals surface area contributed by atoms with Crippen LogP contribution in [-0.4, -0.2) is 46.9 Å². The van der Waals surface area contributed by atoms with Gasteiger partial charge in [0.1, 0.15) is 11.6 Å². The van der Waals surface area contributed by atoms with E-state index in [1.807, 2.05) is 30.1 Å². The molecule has 0 fully saturated rings.